The number of nitrogens with zero attached hydrogens (tertiary/aromatic N) is 4. The largest absolute Gasteiger partial charge is 0.383 e. The number of piperidine rings is 1. The summed E-state index contributed by atoms with van der Waals surface area (Å²) in [5.74, 6) is -1.59. The average Bonchev–Trinajstić information content (AvgIpc) is 3.56. The number of likely N-dealkylation sites (tertiary alicyclic amines) is 2. The first-order chi connectivity index (χ1) is 21.2. The summed E-state index contributed by atoms with van der Waals surface area (Å²) in [5.41, 5.74) is 1.97. The van der Waals surface area contributed by atoms with Crippen molar-refractivity contribution in [3.8, 4) is 5.69 Å². The summed E-state index contributed by atoms with van der Waals surface area (Å²) in [5, 5.41) is 10.8. The predicted molar refractivity (Wildman–Crippen MR) is 165 cm³/mol. The van der Waals surface area contributed by atoms with E-state index in [1.165, 1.54) is 6.07 Å². The quantitative estimate of drug-likeness (QED) is 0.324. The highest BCUT2D eigenvalue weighted by Gasteiger charge is 2.35. The van der Waals surface area contributed by atoms with Gasteiger partial charge in [-0.25, -0.2) is 18.3 Å². The van der Waals surface area contributed by atoms with Gasteiger partial charge in [-0.15, -0.1) is 0 Å². The van der Waals surface area contributed by atoms with Crippen LogP contribution in [0.4, 0.5) is 19.4 Å². The molecule has 2 aliphatic heterocycles. The Kier molecular flexibility index (Phi) is 10.6. The van der Waals surface area contributed by atoms with Crippen LogP contribution in [0.5, 0.6) is 0 Å². The van der Waals surface area contributed by atoms with Gasteiger partial charge in [-0.3, -0.25) is 15.0 Å². The Morgan fingerprint density at radius 1 is 1.07 bits per heavy atom. The Labute approximate surface area is 263 Å². The molecule has 13 heteroatoms. The Morgan fingerprint density at radius 2 is 1.82 bits per heavy atom. The number of urea groups is 1. The molecule has 10 nitrogen and oxygen atoms in total. The maximum Gasteiger partial charge on any atom is 0.320 e. The molecule has 0 unspecified atom stereocenters. The molecule has 2 atom stereocenters. The van der Waals surface area contributed by atoms with Crippen LogP contribution in [-0.2, 0) is 20.9 Å². The van der Waals surface area contributed by atoms with Crippen LogP contribution < -0.4 is 10.6 Å². The van der Waals surface area contributed by atoms with E-state index in [-0.39, 0.29) is 30.6 Å². The SMILES string of the molecule is COCCN1C[C@@H](NC(=O)Nc2c(Br)c(COC3CCN(C(C)=O)CC3)nn2-c2ccccc2)[C@H](c2ccc(F)c(F)c2)C1. The number of carbonyl (C=O) groups excluding carboxylic acids is 2. The van der Waals surface area contributed by atoms with Crippen LogP contribution >= 0.6 is 15.9 Å². The molecule has 0 saturated carbocycles. The Balaban J connectivity index is 1.32. The van der Waals surface area contributed by atoms with E-state index in [9.17, 15) is 18.4 Å². The molecular formula is C31H37BrF2N6O4. The minimum absolute atomic E-state index is 0.00395. The van der Waals surface area contributed by atoms with Gasteiger partial charge in [0.25, 0.3) is 0 Å². The summed E-state index contributed by atoms with van der Waals surface area (Å²) in [6, 6.07) is 12.5. The maximum absolute atomic E-state index is 14.1. The Hall–Kier alpha value is -3.39. The lowest BCUT2D eigenvalue weighted by atomic mass is 9.94. The van der Waals surface area contributed by atoms with E-state index in [1.54, 1.807) is 24.8 Å². The summed E-state index contributed by atoms with van der Waals surface area (Å²) in [6.45, 7) is 5.32. The van der Waals surface area contributed by atoms with Crippen molar-refractivity contribution in [3.05, 3.63) is 75.9 Å². The molecule has 2 aromatic carbocycles. The number of methoxy groups -OCH3 is 1. The molecule has 0 radical (unpaired) electrons. The van der Waals surface area contributed by atoms with E-state index in [0.717, 1.165) is 24.6 Å². The molecule has 5 rings (SSSR count). The van der Waals surface area contributed by atoms with Crippen molar-refractivity contribution in [2.24, 2.45) is 0 Å². The van der Waals surface area contributed by atoms with Gasteiger partial charge in [-0.1, -0.05) is 24.3 Å². The minimum Gasteiger partial charge on any atom is -0.383 e. The van der Waals surface area contributed by atoms with Gasteiger partial charge in [0.2, 0.25) is 5.91 Å². The number of anilines is 1. The minimum atomic E-state index is -0.920. The summed E-state index contributed by atoms with van der Waals surface area (Å²) < 4.78 is 41.5. The second-order valence-corrected chi connectivity index (χ2v) is 11.9. The Morgan fingerprint density at radius 3 is 2.50 bits per heavy atom. The van der Waals surface area contributed by atoms with E-state index in [2.05, 4.69) is 31.5 Å². The Bertz CT molecular complexity index is 1450. The lowest BCUT2D eigenvalue weighted by Crippen LogP contribution is -2.42. The van der Waals surface area contributed by atoms with Gasteiger partial charge in [0.15, 0.2) is 17.5 Å². The molecule has 3 amide bonds. The first-order valence-corrected chi connectivity index (χ1v) is 15.5. The molecule has 0 spiro atoms. The third-order valence-corrected chi connectivity index (χ3v) is 9.00. The zero-order valence-corrected chi connectivity index (χ0v) is 26.4. The van der Waals surface area contributed by atoms with E-state index in [1.807, 2.05) is 35.2 Å². The molecule has 2 aliphatic rings. The number of hydrogen-bond acceptors (Lipinski definition) is 6. The van der Waals surface area contributed by atoms with Crippen molar-refractivity contribution in [1.29, 1.82) is 0 Å². The van der Waals surface area contributed by atoms with E-state index in [4.69, 9.17) is 14.6 Å². The van der Waals surface area contributed by atoms with Gasteiger partial charge >= 0.3 is 6.03 Å². The molecule has 1 aromatic heterocycles. The number of amides is 3. The predicted octanol–water partition coefficient (Wildman–Crippen LogP) is 4.68. The number of carbonyl (C=O) groups is 2. The molecule has 0 bridgehead atoms. The van der Waals surface area contributed by atoms with Crippen molar-refractivity contribution in [2.75, 3.05) is 51.8 Å². The molecule has 3 heterocycles. The monoisotopic (exact) mass is 674 g/mol. The van der Waals surface area contributed by atoms with Crippen LogP contribution in [0.2, 0.25) is 0 Å². The number of rotatable bonds is 10. The molecular weight excluding hydrogens is 638 g/mol. The van der Waals surface area contributed by atoms with Crippen LogP contribution in [-0.4, -0.2) is 90.1 Å². The van der Waals surface area contributed by atoms with Gasteiger partial charge in [0.05, 0.1) is 35.5 Å². The van der Waals surface area contributed by atoms with Gasteiger partial charge in [0.1, 0.15) is 5.69 Å². The molecule has 3 aromatic rings. The zero-order chi connectivity index (χ0) is 31.2. The molecule has 236 valence electrons. The third-order valence-electron chi connectivity index (χ3n) is 8.16. The van der Waals surface area contributed by atoms with Gasteiger partial charge in [-0.05, 0) is 58.6 Å². The molecule has 2 N–H and O–H groups in total. The normalized spacial score (nSPS) is 19.3. The van der Waals surface area contributed by atoms with Crippen molar-refractivity contribution < 1.29 is 27.8 Å². The van der Waals surface area contributed by atoms with Crippen molar-refractivity contribution in [3.63, 3.8) is 0 Å². The highest BCUT2D eigenvalue weighted by molar-refractivity contribution is 9.10. The van der Waals surface area contributed by atoms with E-state index < -0.39 is 17.7 Å². The smallest absolute Gasteiger partial charge is 0.320 e. The number of hydrogen-bond donors (Lipinski definition) is 2. The first kappa shape index (κ1) is 32.0. The van der Waals surface area contributed by atoms with Crippen molar-refractivity contribution >= 4 is 33.7 Å². The molecule has 2 saturated heterocycles. The van der Waals surface area contributed by atoms with Crippen molar-refractivity contribution in [2.45, 2.75) is 44.4 Å². The summed E-state index contributed by atoms with van der Waals surface area (Å²) >= 11 is 3.64. The second kappa shape index (κ2) is 14.6. The number of ether oxygens (including phenoxy) is 2. The van der Waals surface area contributed by atoms with Crippen LogP contribution in [0.25, 0.3) is 5.69 Å². The number of para-hydroxylation sites is 1. The topological polar surface area (TPSA) is 101 Å². The fraction of sp³-hybridized carbons (Fsp3) is 0.452. The molecule has 2 fully saturated rings. The van der Waals surface area contributed by atoms with E-state index >= 15 is 0 Å². The summed E-state index contributed by atoms with van der Waals surface area (Å²) in [4.78, 5) is 29.1. The fourth-order valence-electron chi connectivity index (χ4n) is 5.76. The lowest BCUT2D eigenvalue weighted by molar-refractivity contribution is -0.131. The van der Waals surface area contributed by atoms with E-state index in [0.29, 0.717) is 60.9 Å². The number of halogens is 3. The number of benzene rings is 2. The van der Waals surface area contributed by atoms with Gasteiger partial charge < -0.3 is 19.7 Å². The van der Waals surface area contributed by atoms with Crippen LogP contribution in [0.3, 0.4) is 0 Å². The van der Waals surface area contributed by atoms with Gasteiger partial charge in [0, 0.05) is 52.7 Å². The third kappa shape index (κ3) is 7.63. The lowest BCUT2D eigenvalue weighted by Gasteiger charge is -2.31. The highest BCUT2D eigenvalue weighted by Crippen LogP contribution is 2.32. The zero-order valence-electron chi connectivity index (χ0n) is 24.8. The van der Waals surface area contributed by atoms with Crippen LogP contribution in [0.15, 0.2) is 53.0 Å². The first-order valence-electron chi connectivity index (χ1n) is 14.7. The highest BCUT2D eigenvalue weighted by atomic mass is 79.9. The molecule has 44 heavy (non-hydrogen) atoms. The van der Waals surface area contributed by atoms with Gasteiger partial charge in [-0.2, -0.15) is 5.10 Å². The van der Waals surface area contributed by atoms with Crippen LogP contribution in [0.1, 0.15) is 36.9 Å². The summed E-state index contributed by atoms with van der Waals surface area (Å²) in [7, 11) is 1.62. The maximum atomic E-state index is 14.1. The standard InChI is InChI=1S/C31H37BrF2N6O4/c1-20(41)39-12-10-23(11-13-39)44-19-28-29(32)30(40(37-28)22-6-4-3-5-7-22)36-31(42)35-27-18-38(14-15-43-2)17-24(27)21-8-9-25(33)26(34)16-21/h3-9,16,23-24,27H,10-15,17-19H2,1-2H3,(H2,35,36,42)/t24-,27+/m0/s1. The molecule has 0 aliphatic carbocycles. The fourth-order valence-corrected chi connectivity index (χ4v) is 6.22. The second-order valence-electron chi connectivity index (χ2n) is 11.1. The number of nitrogens with one attached hydrogen (secondary N) is 2. The average molecular weight is 676 g/mol. The van der Waals surface area contributed by atoms with Crippen molar-refractivity contribution in [1.82, 2.24) is 24.9 Å². The summed E-state index contributed by atoms with van der Waals surface area (Å²) in [6.07, 6.45) is 1.48. The number of aromatic nitrogens is 2. The van der Waals surface area contributed by atoms with Crippen LogP contribution in [0, 0.1) is 11.6 Å².